The van der Waals surface area contributed by atoms with Gasteiger partial charge in [0.15, 0.2) is 0 Å². The summed E-state index contributed by atoms with van der Waals surface area (Å²) in [4.78, 5) is 20.3. The molecule has 0 unspecified atom stereocenters. The largest absolute Gasteiger partial charge is 0.481 e. The molecule has 6 nitrogen and oxygen atoms in total. The first-order chi connectivity index (χ1) is 9.64. The molecule has 2 aliphatic rings. The van der Waals surface area contributed by atoms with Gasteiger partial charge in [-0.3, -0.25) is 14.6 Å². The first kappa shape index (κ1) is 13.9. The smallest absolute Gasteiger partial charge is 0.312 e. The zero-order valence-electron chi connectivity index (χ0n) is 11.2. The zero-order valence-corrected chi connectivity index (χ0v) is 12.1. The molecule has 0 saturated carbocycles. The number of hydrogen-bond donors (Lipinski definition) is 2. The maximum absolute atomic E-state index is 11.8. The first-order valence-electron chi connectivity index (χ1n) is 6.81. The van der Waals surface area contributed by atoms with Crippen molar-refractivity contribution in [3.63, 3.8) is 0 Å². The number of aliphatic carboxylic acids is 1. The number of β-amino-alcohol motifs (C(OH)–C–C–N with tert-alkyl or cyclic N) is 1. The number of aromatic nitrogens is 1. The second kappa shape index (κ2) is 5.40. The van der Waals surface area contributed by atoms with Gasteiger partial charge in [0.25, 0.3) is 0 Å². The number of aliphatic hydroxyl groups excluding tert-OH is 1. The lowest BCUT2D eigenvalue weighted by molar-refractivity contribution is -0.149. The fourth-order valence-electron chi connectivity index (χ4n) is 3.53. The summed E-state index contributed by atoms with van der Waals surface area (Å²) in [5.74, 6) is -0.559. The Bertz CT molecular complexity index is 481. The lowest BCUT2D eigenvalue weighted by atomic mass is 9.81. The van der Waals surface area contributed by atoms with Crippen LogP contribution in [0.5, 0.6) is 0 Å². The van der Waals surface area contributed by atoms with Crippen molar-refractivity contribution < 1.29 is 15.0 Å². The van der Waals surface area contributed by atoms with Crippen LogP contribution in [-0.2, 0) is 11.3 Å². The van der Waals surface area contributed by atoms with Gasteiger partial charge in [0.1, 0.15) is 5.01 Å². The third kappa shape index (κ3) is 2.35. The van der Waals surface area contributed by atoms with E-state index in [1.807, 2.05) is 5.38 Å². The van der Waals surface area contributed by atoms with Gasteiger partial charge in [-0.1, -0.05) is 0 Å². The number of carboxylic acids is 1. The van der Waals surface area contributed by atoms with Gasteiger partial charge in [-0.05, 0) is 0 Å². The third-order valence-corrected chi connectivity index (χ3v) is 5.20. The molecule has 3 rings (SSSR count). The molecular weight excluding hydrogens is 278 g/mol. The Labute approximate surface area is 121 Å². The minimum Gasteiger partial charge on any atom is -0.481 e. The van der Waals surface area contributed by atoms with Crippen LogP contribution >= 0.6 is 11.3 Å². The molecule has 110 valence electrons. The molecule has 1 aromatic rings. The zero-order chi connectivity index (χ0) is 14.2. The molecule has 0 aromatic carbocycles. The number of aliphatic hydroxyl groups is 1. The van der Waals surface area contributed by atoms with Crippen LogP contribution in [0.1, 0.15) is 5.01 Å². The molecule has 0 bridgehead atoms. The average molecular weight is 297 g/mol. The van der Waals surface area contributed by atoms with Crippen molar-refractivity contribution in [3.05, 3.63) is 16.6 Å². The van der Waals surface area contributed by atoms with Gasteiger partial charge < -0.3 is 10.2 Å². The van der Waals surface area contributed by atoms with E-state index in [-0.39, 0.29) is 12.5 Å². The van der Waals surface area contributed by atoms with E-state index >= 15 is 0 Å². The van der Waals surface area contributed by atoms with E-state index < -0.39 is 11.4 Å². The van der Waals surface area contributed by atoms with E-state index in [4.69, 9.17) is 5.11 Å². The van der Waals surface area contributed by atoms with Crippen LogP contribution < -0.4 is 0 Å². The van der Waals surface area contributed by atoms with E-state index in [2.05, 4.69) is 14.8 Å². The van der Waals surface area contributed by atoms with Gasteiger partial charge in [0, 0.05) is 50.2 Å². The number of rotatable bonds is 5. The van der Waals surface area contributed by atoms with Crippen LogP contribution in [0.25, 0.3) is 0 Å². The Kier molecular flexibility index (Phi) is 3.76. The fourth-order valence-corrected chi connectivity index (χ4v) is 4.19. The SMILES string of the molecule is O=C(O)[C@]12CN(CCO)C[C@H]1CN(Cc1nccs1)C2. The predicted octanol–water partition coefficient (Wildman–Crippen LogP) is -0.0462. The lowest BCUT2D eigenvalue weighted by Gasteiger charge is -2.24. The average Bonchev–Trinajstić information content (AvgIpc) is 3.04. The standard InChI is InChI=1S/C13H19N3O3S/c17-3-2-15-5-10-6-16(7-11-14-1-4-20-11)9-13(10,8-15)12(18)19/h1,4,10,17H,2-3,5-9H2,(H,18,19)/t10-,13-/m0/s1. The van der Waals surface area contributed by atoms with Gasteiger partial charge >= 0.3 is 5.97 Å². The lowest BCUT2D eigenvalue weighted by Crippen LogP contribution is -2.41. The molecule has 3 heterocycles. The Hall–Kier alpha value is -1.02. The second-order valence-electron chi connectivity index (χ2n) is 5.71. The van der Waals surface area contributed by atoms with Crippen LogP contribution in [-0.4, -0.2) is 70.3 Å². The predicted molar refractivity (Wildman–Crippen MR) is 74.5 cm³/mol. The summed E-state index contributed by atoms with van der Waals surface area (Å²) in [6, 6.07) is 0. The molecule has 2 fully saturated rings. The summed E-state index contributed by atoms with van der Waals surface area (Å²) < 4.78 is 0. The summed E-state index contributed by atoms with van der Waals surface area (Å²) >= 11 is 1.61. The molecule has 7 heteroatoms. The summed E-state index contributed by atoms with van der Waals surface area (Å²) in [5, 5.41) is 21.7. The van der Waals surface area contributed by atoms with Gasteiger partial charge in [0.2, 0.25) is 0 Å². The molecule has 0 aliphatic carbocycles. The number of carboxylic acid groups (broad SMARTS) is 1. The van der Waals surface area contributed by atoms with E-state index in [1.165, 1.54) is 0 Å². The normalized spacial score (nSPS) is 30.8. The van der Waals surface area contributed by atoms with Gasteiger partial charge in [0.05, 0.1) is 18.6 Å². The minimum atomic E-state index is -0.704. The molecule has 0 radical (unpaired) electrons. The summed E-state index contributed by atoms with van der Waals surface area (Å²) in [7, 11) is 0. The number of carbonyl (C=O) groups is 1. The van der Waals surface area contributed by atoms with E-state index in [0.717, 1.165) is 24.6 Å². The van der Waals surface area contributed by atoms with Crippen molar-refractivity contribution in [2.24, 2.45) is 11.3 Å². The molecule has 2 aliphatic heterocycles. The van der Waals surface area contributed by atoms with Crippen LogP contribution in [0, 0.1) is 11.3 Å². The van der Waals surface area contributed by atoms with Crippen LogP contribution in [0.4, 0.5) is 0 Å². The van der Waals surface area contributed by atoms with E-state index in [0.29, 0.717) is 19.6 Å². The molecule has 2 N–H and O–H groups in total. The van der Waals surface area contributed by atoms with Gasteiger partial charge in [-0.25, -0.2) is 4.98 Å². The summed E-state index contributed by atoms with van der Waals surface area (Å²) in [6.07, 6.45) is 1.78. The highest BCUT2D eigenvalue weighted by atomic mass is 32.1. The van der Waals surface area contributed by atoms with Crippen molar-refractivity contribution in [1.82, 2.24) is 14.8 Å². The number of thiazole rings is 1. The highest BCUT2D eigenvalue weighted by molar-refractivity contribution is 7.09. The number of nitrogens with zero attached hydrogens (tertiary/aromatic N) is 3. The molecule has 2 atom stereocenters. The Morgan fingerprint density at radius 1 is 1.45 bits per heavy atom. The van der Waals surface area contributed by atoms with Crippen LogP contribution in [0.3, 0.4) is 0 Å². The van der Waals surface area contributed by atoms with Gasteiger partial charge in [-0.2, -0.15) is 0 Å². The molecule has 1 aromatic heterocycles. The Morgan fingerprint density at radius 3 is 2.80 bits per heavy atom. The number of fused-ring (bicyclic) bond motifs is 1. The quantitative estimate of drug-likeness (QED) is 0.794. The molecular formula is C13H19N3O3S. The Morgan fingerprint density at radius 2 is 2.20 bits per heavy atom. The van der Waals surface area contributed by atoms with Crippen molar-refractivity contribution in [3.8, 4) is 0 Å². The highest BCUT2D eigenvalue weighted by Crippen LogP contribution is 2.43. The maximum atomic E-state index is 11.8. The number of likely N-dealkylation sites (tertiary alicyclic amines) is 2. The van der Waals surface area contributed by atoms with Crippen LogP contribution in [0.2, 0.25) is 0 Å². The second-order valence-corrected chi connectivity index (χ2v) is 6.69. The van der Waals surface area contributed by atoms with Crippen molar-refractivity contribution in [1.29, 1.82) is 0 Å². The fraction of sp³-hybridized carbons (Fsp3) is 0.692. The van der Waals surface area contributed by atoms with Crippen LogP contribution in [0.15, 0.2) is 11.6 Å². The van der Waals surface area contributed by atoms with Crippen molar-refractivity contribution >= 4 is 17.3 Å². The minimum absolute atomic E-state index is 0.0885. The third-order valence-electron chi connectivity index (χ3n) is 4.43. The molecule has 20 heavy (non-hydrogen) atoms. The van der Waals surface area contributed by atoms with Gasteiger partial charge in [-0.15, -0.1) is 11.3 Å². The summed E-state index contributed by atoms with van der Waals surface area (Å²) in [6.45, 7) is 4.08. The van der Waals surface area contributed by atoms with Crippen molar-refractivity contribution in [2.45, 2.75) is 6.54 Å². The van der Waals surface area contributed by atoms with E-state index in [9.17, 15) is 9.90 Å². The monoisotopic (exact) mass is 297 g/mol. The maximum Gasteiger partial charge on any atom is 0.312 e. The molecule has 2 saturated heterocycles. The topological polar surface area (TPSA) is 76.9 Å². The summed E-state index contributed by atoms with van der Waals surface area (Å²) in [5.41, 5.74) is -0.674. The number of hydrogen-bond acceptors (Lipinski definition) is 6. The van der Waals surface area contributed by atoms with E-state index in [1.54, 1.807) is 17.5 Å². The van der Waals surface area contributed by atoms with Crippen molar-refractivity contribution in [2.75, 3.05) is 39.3 Å². The molecule has 0 spiro atoms. The molecule has 0 amide bonds. The first-order valence-corrected chi connectivity index (χ1v) is 7.69. The Balaban J connectivity index is 1.71. The highest BCUT2D eigenvalue weighted by Gasteiger charge is 2.57.